The zero-order valence-electron chi connectivity index (χ0n) is 8.43. The average molecular weight is 226 g/mol. The second kappa shape index (κ2) is 4.67. The zero-order chi connectivity index (χ0) is 10.7. The van der Waals surface area contributed by atoms with Gasteiger partial charge in [0.2, 0.25) is 0 Å². The van der Waals surface area contributed by atoms with Gasteiger partial charge in [-0.25, -0.2) is 0 Å². The number of nitrogens with zero attached hydrogens (tertiary/aromatic N) is 3. The minimum atomic E-state index is -0.000721. The molecule has 0 unspecified atom stereocenters. The Morgan fingerprint density at radius 1 is 1.60 bits per heavy atom. The highest BCUT2D eigenvalue weighted by molar-refractivity contribution is 7.03. The Morgan fingerprint density at radius 3 is 2.87 bits per heavy atom. The van der Waals surface area contributed by atoms with Gasteiger partial charge in [0, 0.05) is 18.5 Å². The summed E-state index contributed by atoms with van der Waals surface area (Å²) in [7, 11) is 0. The SMILES string of the molecule is NCC1CCN(C(=O)c2csnn2)CC1. The predicted molar refractivity (Wildman–Crippen MR) is 57.6 cm³/mol. The molecule has 1 aliphatic rings. The van der Waals surface area contributed by atoms with Gasteiger partial charge < -0.3 is 10.6 Å². The Labute approximate surface area is 92.4 Å². The summed E-state index contributed by atoms with van der Waals surface area (Å²) in [5.41, 5.74) is 6.06. The smallest absolute Gasteiger partial charge is 0.275 e. The summed E-state index contributed by atoms with van der Waals surface area (Å²) in [4.78, 5) is 13.7. The molecule has 1 amide bonds. The predicted octanol–water partition coefficient (Wildman–Crippen LogP) is 0.349. The number of hydrogen-bond acceptors (Lipinski definition) is 5. The van der Waals surface area contributed by atoms with Crippen molar-refractivity contribution in [1.29, 1.82) is 0 Å². The van der Waals surface area contributed by atoms with Crippen molar-refractivity contribution in [3.8, 4) is 0 Å². The molecule has 0 spiro atoms. The van der Waals surface area contributed by atoms with E-state index in [0.717, 1.165) is 32.5 Å². The van der Waals surface area contributed by atoms with E-state index >= 15 is 0 Å². The van der Waals surface area contributed by atoms with Crippen molar-refractivity contribution < 1.29 is 4.79 Å². The van der Waals surface area contributed by atoms with Gasteiger partial charge in [-0.2, -0.15) is 0 Å². The number of piperidine rings is 1. The molecule has 1 fully saturated rings. The fourth-order valence-corrected chi connectivity index (χ4v) is 2.22. The van der Waals surface area contributed by atoms with E-state index in [1.165, 1.54) is 11.5 Å². The Kier molecular flexibility index (Phi) is 3.27. The molecule has 0 aliphatic carbocycles. The first-order valence-corrected chi connectivity index (χ1v) is 5.91. The maximum atomic E-state index is 11.9. The standard InChI is InChI=1S/C9H14N4OS/c10-5-7-1-3-13(4-2-7)9(14)8-6-15-12-11-8/h6-7H,1-5,10H2. The van der Waals surface area contributed by atoms with E-state index in [4.69, 9.17) is 5.73 Å². The lowest BCUT2D eigenvalue weighted by molar-refractivity contribution is 0.0687. The van der Waals surface area contributed by atoms with Gasteiger partial charge >= 0.3 is 0 Å². The first-order chi connectivity index (χ1) is 7.31. The first kappa shape index (κ1) is 10.5. The summed E-state index contributed by atoms with van der Waals surface area (Å²) in [6.45, 7) is 2.30. The molecule has 5 nitrogen and oxygen atoms in total. The summed E-state index contributed by atoms with van der Waals surface area (Å²) in [6.07, 6.45) is 2.00. The molecule has 0 atom stereocenters. The molecule has 0 saturated carbocycles. The van der Waals surface area contributed by atoms with Crippen LogP contribution in [0, 0.1) is 5.92 Å². The van der Waals surface area contributed by atoms with Crippen LogP contribution in [0.4, 0.5) is 0 Å². The number of aromatic nitrogens is 2. The first-order valence-electron chi connectivity index (χ1n) is 5.07. The fraction of sp³-hybridized carbons (Fsp3) is 0.667. The highest BCUT2D eigenvalue weighted by Crippen LogP contribution is 2.17. The minimum Gasteiger partial charge on any atom is -0.337 e. The number of carbonyl (C=O) groups is 1. The van der Waals surface area contributed by atoms with Crippen LogP contribution in [0.1, 0.15) is 23.3 Å². The molecule has 1 aromatic heterocycles. The normalized spacial score (nSPS) is 18.1. The number of amides is 1. The largest absolute Gasteiger partial charge is 0.337 e. The number of nitrogens with two attached hydrogens (primary N) is 1. The number of carbonyl (C=O) groups excluding carboxylic acids is 1. The minimum absolute atomic E-state index is 0.000721. The van der Waals surface area contributed by atoms with Gasteiger partial charge in [-0.3, -0.25) is 4.79 Å². The molecule has 1 aliphatic heterocycles. The van der Waals surface area contributed by atoms with Gasteiger partial charge in [-0.1, -0.05) is 4.49 Å². The second-order valence-electron chi connectivity index (χ2n) is 3.76. The van der Waals surface area contributed by atoms with E-state index in [0.29, 0.717) is 11.6 Å². The van der Waals surface area contributed by atoms with Crippen molar-refractivity contribution in [1.82, 2.24) is 14.5 Å². The summed E-state index contributed by atoms with van der Waals surface area (Å²) >= 11 is 1.21. The molecule has 2 rings (SSSR count). The quantitative estimate of drug-likeness (QED) is 0.789. The monoisotopic (exact) mass is 226 g/mol. The van der Waals surface area contributed by atoms with Gasteiger partial charge in [0.1, 0.15) is 0 Å². The maximum absolute atomic E-state index is 11.9. The van der Waals surface area contributed by atoms with Crippen molar-refractivity contribution in [3.63, 3.8) is 0 Å². The number of rotatable bonds is 2. The molecule has 2 N–H and O–H groups in total. The van der Waals surface area contributed by atoms with Crippen molar-refractivity contribution in [2.45, 2.75) is 12.8 Å². The van der Waals surface area contributed by atoms with Crippen LogP contribution in [0.15, 0.2) is 5.38 Å². The van der Waals surface area contributed by atoms with Crippen molar-refractivity contribution >= 4 is 17.4 Å². The number of hydrogen-bond donors (Lipinski definition) is 1. The van der Waals surface area contributed by atoms with Crippen molar-refractivity contribution in [3.05, 3.63) is 11.1 Å². The maximum Gasteiger partial charge on any atom is 0.275 e. The third-order valence-electron chi connectivity index (χ3n) is 2.81. The molecule has 15 heavy (non-hydrogen) atoms. The molecule has 1 aromatic rings. The second-order valence-corrected chi connectivity index (χ2v) is 4.37. The molecule has 0 aromatic carbocycles. The summed E-state index contributed by atoms with van der Waals surface area (Å²) < 4.78 is 3.69. The van der Waals surface area contributed by atoms with Gasteiger partial charge in [0.15, 0.2) is 5.69 Å². The number of likely N-dealkylation sites (tertiary alicyclic amines) is 1. The molecule has 1 saturated heterocycles. The van der Waals surface area contributed by atoms with E-state index in [1.54, 1.807) is 5.38 Å². The van der Waals surface area contributed by atoms with Gasteiger partial charge in [0.25, 0.3) is 5.91 Å². The fourth-order valence-electron chi connectivity index (χ4n) is 1.79. The van der Waals surface area contributed by atoms with Crippen LogP contribution in [0.5, 0.6) is 0 Å². The van der Waals surface area contributed by atoms with Gasteiger partial charge in [-0.15, -0.1) is 5.10 Å². The van der Waals surface area contributed by atoms with E-state index in [-0.39, 0.29) is 5.91 Å². The van der Waals surface area contributed by atoms with Crippen LogP contribution in [0.2, 0.25) is 0 Å². The topological polar surface area (TPSA) is 72.1 Å². The highest BCUT2D eigenvalue weighted by atomic mass is 32.1. The van der Waals surface area contributed by atoms with Crippen molar-refractivity contribution in [2.24, 2.45) is 11.7 Å². The van der Waals surface area contributed by atoms with Crippen LogP contribution >= 0.6 is 11.5 Å². The lowest BCUT2D eigenvalue weighted by Crippen LogP contribution is -2.40. The molecular formula is C9H14N4OS. The van der Waals surface area contributed by atoms with Crippen LogP contribution in [0.25, 0.3) is 0 Å². The molecule has 0 bridgehead atoms. The van der Waals surface area contributed by atoms with Crippen LogP contribution < -0.4 is 5.73 Å². The summed E-state index contributed by atoms with van der Waals surface area (Å²) in [5.74, 6) is 0.571. The Balaban J connectivity index is 1.93. The molecule has 6 heteroatoms. The van der Waals surface area contributed by atoms with E-state index in [2.05, 4.69) is 9.59 Å². The average Bonchev–Trinajstić information content (AvgIpc) is 2.82. The molecular weight excluding hydrogens is 212 g/mol. The Bertz CT molecular complexity index is 319. The van der Waals surface area contributed by atoms with E-state index < -0.39 is 0 Å². The molecule has 82 valence electrons. The van der Waals surface area contributed by atoms with E-state index in [9.17, 15) is 4.79 Å². The van der Waals surface area contributed by atoms with Crippen LogP contribution in [0.3, 0.4) is 0 Å². The summed E-state index contributed by atoms with van der Waals surface area (Å²) in [5, 5.41) is 5.47. The Morgan fingerprint density at radius 2 is 2.33 bits per heavy atom. The van der Waals surface area contributed by atoms with Crippen LogP contribution in [-0.4, -0.2) is 40.0 Å². The van der Waals surface area contributed by atoms with Gasteiger partial charge in [-0.05, 0) is 36.8 Å². The van der Waals surface area contributed by atoms with Crippen molar-refractivity contribution in [2.75, 3.05) is 19.6 Å². The molecule has 0 radical (unpaired) electrons. The van der Waals surface area contributed by atoms with Gasteiger partial charge in [0.05, 0.1) is 0 Å². The Hall–Kier alpha value is -1.01. The highest BCUT2D eigenvalue weighted by Gasteiger charge is 2.23. The third kappa shape index (κ3) is 2.32. The lowest BCUT2D eigenvalue weighted by atomic mass is 9.97. The molecule has 2 heterocycles. The third-order valence-corrected chi connectivity index (χ3v) is 3.32. The summed E-state index contributed by atoms with van der Waals surface area (Å²) in [6, 6.07) is 0. The van der Waals surface area contributed by atoms with Crippen LogP contribution in [-0.2, 0) is 0 Å². The van der Waals surface area contributed by atoms with E-state index in [1.807, 2.05) is 4.90 Å². The lowest BCUT2D eigenvalue weighted by Gasteiger charge is -2.30. The zero-order valence-corrected chi connectivity index (χ0v) is 9.24.